The van der Waals surface area contributed by atoms with Gasteiger partial charge in [0.1, 0.15) is 0 Å². The average Bonchev–Trinajstić information content (AvgIpc) is 2.86. The van der Waals surface area contributed by atoms with Crippen molar-refractivity contribution in [2.45, 2.75) is 58.0 Å². The average molecular weight is 446 g/mol. The van der Waals surface area contributed by atoms with E-state index in [4.69, 9.17) is 19.9 Å². The third-order valence-corrected chi connectivity index (χ3v) is 6.69. The standard InChI is InChI=1S/C29H35NO3/c1-21-27(31-18-23-12-6-3-7-13-23)22(2)29(33-20-25-16-10-5-11-17-25)26(30)28(21)32-19-24-14-8-4-9-15-24/h3-17,21-22,26-29H,18-20,30H2,1-2H3. The third-order valence-electron chi connectivity index (χ3n) is 6.69. The molecule has 0 amide bonds. The van der Waals surface area contributed by atoms with Crippen molar-refractivity contribution in [1.82, 2.24) is 0 Å². The van der Waals surface area contributed by atoms with E-state index in [1.807, 2.05) is 54.6 Å². The molecule has 0 bridgehead atoms. The van der Waals surface area contributed by atoms with Crippen molar-refractivity contribution in [2.24, 2.45) is 17.6 Å². The molecule has 0 aromatic heterocycles. The zero-order chi connectivity index (χ0) is 23.0. The molecule has 0 saturated heterocycles. The van der Waals surface area contributed by atoms with Crippen LogP contribution >= 0.6 is 0 Å². The first kappa shape index (κ1) is 23.7. The molecule has 2 N–H and O–H groups in total. The van der Waals surface area contributed by atoms with Crippen molar-refractivity contribution in [3.05, 3.63) is 108 Å². The number of hydrogen-bond donors (Lipinski definition) is 1. The summed E-state index contributed by atoms with van der Waals surface area (Å²) in [5.74, 6) is 0.276. The van der Waals surface area contributed by atoms with E-state index in [-0.39, 0.29) is 36.2 Å². The predicted octanol–water partition coefficient (Wildman–Crippen LogP) is 5.36. The molecule has 0 radical (unpaired) electrons. The lowest BCUT2D eigenvalue weighted by Gasteiger charge is -2.48. The molecule has 4 rings (SSSR count). The van der Waals surface area contributed by atoms with Gasteiger partial charge in [-0.25, -0.2) is 0 Å². The number of benzene rings is 3. The van der Waals surface area contributed by atoms with Crippen LogP contribution in [0.1, 0.15) is 30.5 Å². The number of ether oxygens (including phenoxy) is 3. The third kappa shape index (κ3) is 6.10. The molecular formula is C29H35NO3. The van der Waals surface area contributed by atoms with Crippen LogP contribution in [-0.2, 0) is 34.0 Å². The number of nitrogens with two attached hydrogens (primary N) is 1. The van der Waals surface area contributed by atoms with Crippen molar-refractivity contribution in [1.29, 1.82) is 0 Å². The van der Waals surface area contributed by atoms with Gasteiger partial charge in [-0.3, -0.25) is 0 Å². The van der Waals surface area contributed by atoms with Crippen LogP contribution in [0.4, 0.5) is 0 Å². The minimum Gasteiger partial charge on any atom is -0.373 e. The molecule has 1 fully saturated rings. The molecule has 0 spiro atoms. The van der Waals surface area contributed by atoms with Crippen molar-refractivity contribution in [2.75, 3.05) is 0 Å². The van der Waals surface area contributed by atoms with Gasteiger partial charge in [-0.15, -0.1) is 0 Å². The summed E-state index contributed by atoms with van der Waals surface area (Å²) in [5.41, 5.74) is 10.2. The Kier molecular flexibility index (Phi) is 8.30. The molecule has 3 aromatic carbocycles. The molecule has 4 unspecified atom stereocenters. The minimum atomic E-state index is -0.237. The highest BCUT2D eigenvalue weighted by atomic mass is 16.5. The predicted molar refractivity (Wildman–Crippen MR) is 131 cm³/mol. The topological polar surface area (TPSA) is 53.7 Å². The van der Waals surface area contributed by atoms with Gasteiger partial charge in [-0.1, -0.05) is 105 Å². The molecule has 33 heavy (non-hydrogen) atoms. The van der Waals surface area contributed by atoms with Crippen LogP contribution in [-0.4, -0.2) is 24.4 Å². The highest BCUT2D eigenvalue weighted by Crippen LogP contribution is 2.36. The van der Waals surface area contributed by atoms with E-state index < -0.39 is 0 Å². The molecule has 1 aliphatic rings. The monoisotopic (exact) mass is 445 g/mol. The normalized spacial score (nSPS) is 27.4. The van der Waals surface area contributed by atoms with Gasteiger partial charge in [-0.05, 0) is 16.7 Å². The second kappa shape index (κ2) is 11.6. The maximum atomic E-state index is 6.80. The smallest absolute Gasteiger partial charge is 0.0806 e. The summed E-state index contributed by atoms with van der Waals surface area (Å²) in [6, 6.07) is 30.5. The van der Waals surface area contributed by atoms with Crippen LogP contribution in [0.5, 0.6) is 0 Å². The van der Waals surface area contributed by atoms with Gasteiger partial charge < -0.3 is 19.9 Å². The van der Waals surface area contributed by atoms with Gasteiger partial charge >= 0.3 is 0 Å². The van der Waals surface area contributed by atoms with E-state index in [9.17, 15) is 0 Å². The first-order chi connectivity index (χ1) is 16.1. The number of hydrogen-bond acceptors (Lipinski definition) is 4. The fourth-order valence-corrected chi connectivity index (χ4v) is 4.87. The molecule has 1 saturated carbocycles. The Morgan fingerprint density at radius 3 is 1.15 bits per heavy atom. The first-order valence-electron chi connectivity index (χ1n) is 11.9. The molecule has 174 valence electrons. The van der Waals surface area contributed by atoms with Crippen LogP contribution in [0, 0.1) is 11.8 Å². The fraction of sp³-hybridized carbons (Fsp3) is 0.379. The molecule has 4 nitrogen and oxygen atoms in total. The SMILES string of the molecule is CC1C(OCc2ccccc2)C(C)C(OCc2ccccc2)C(N)C1OCc1ccccc1. The summed E-state index contributed by atoms with van der Waals surface area (Å²) in [6.45, 7) is 5.99. The van der Waals surface area contributed by atoms with Crippen LogP contribution in [0.2, 0.25) is 0 Å². The Morgan fingerprint density at radius 1 is 0.515 bits per heavy atom. The Balaban J connectivity index is 1.49. The van der Waals surface area contributed by atoms with Crippen molar-refractivity contribution >= 4 is 0 Å². The Labute approximate surface area is 197 Å². The molecule has 1 aliphatic carbocycles. The van der Waals surface area contributed by atoms with Gasteiger partial charge in [0, 0.05) is 11.8 Å². The summed E-state index contributed by atoms with van der Waals surface area (Å²) in [7, 11) is 0. The van der Waals surface area contributed by atoms with Crippen molar-refractivity contribution in [3.63, 3.8) is 0 Å². The molecule has 0 heterocycles. The molecule has 3 aromatic rings. The van der Waals surface area contributed by atoms with E-state index in [0.29, 0.717) is 19.8 Å². The maximum Gasteiger partial charge on any atom is 0.0806 e. The molecular weight excluding hydrogens is 410 g/mol. The van der Waals surface area contributed by atoms with E-state index in [0.717, 1.165) is 16.7 Å². The lowest BCUT2D eigenvalue weighted by atomic mass is 9.73. The summed E-state index contributed by atoms with van der Waals surface area (Å²) in [6.07, 6.45) is -0.350. The zero-order valence-electron chi connectivity index (χ0n) is 19.5. The highest BCUT2D eigenvalue weighted by molar-refractivity contribution is 5.16. The quantitative estimate of drug-likeness (QED) is 0.482. The van der Waals surface area contributed by atoms with Crippen molar-refractivity contribution < 1.29 is 14.2 Å². The van der Waals surface area contributed by atoms with Crippen LogP contribution in [0.25, 0.3) is 0 Å². The van der Waals surface area contributed by atoms with Gasteiger partial charge in [0.2, 0.25) is 0 Å². The largest absolute Gasteiger partial charge is 0.373 e. The van der Waals surface area contributed by atoms with Crippen molar-refractivity contribution in [3.8, 4) is 0 Å². The lowest BCUT2D eigenvalue weighted by molar-refractivity contribution is -0.179. The van der Waals surface area contributed by atoms with E-state index in [2.05, 4.69) is 50.2 Å². The second-order valence-corrected chi connectivity index (χ2v) is 9.08. The van der Waals surface area contributed by atoms with Gasteiger partial charge in [-0.2, -0.15) is 0 Å². The van der Waals surface area contributed by atoms with Crippen LogP contribution in [0.15, 0.2) is 91.0 Å². The lowest BCUT2D eigenvalue weighted by Crippen LogP contribution is -2.62. The number of rotatable bonds is 9. The Hall–Kier alpha value is -2.50. The zero-order valence-corrected chi connectivity index (χ0v) is 19.5. The van der Waals surface area contributed by atoms with Gasteiger partial charge in [0.15, 0.2) is 0 Å². The minimum absolute atomic E-state index is 0.0217. The summed E-state index contributed by atoms with van der Waals surface area (Å²) >= 11 is 0. The van der Waals surface area contributed by atoms with Gasteiger partial charge in [0.05, 0.1) is 44.2 Å². The summed E-state index contributed by atoms with van der Waals surface area (Å²) in [5, 5.41) is 0. The molecule has 4 atom stereocenters. The highest BCUT2D eigenvalue weighted by Gasteiger charge is 2.47. The van der Waals surface area contributed by atoms with E-state index in [1.165, 1.54) is 0 Å². The molecule has 0 aliphatic heterocycles. The van der Waals surface area contributed by atoms with Crippen LogP contribution in [0.3, 0.4) is 0 Å². The van der Waals surface area contributed by atoms with E-state index in [1.54, 1.807) is 0 Å². The fourth-order valence-electron chi connectivity index (χ4n) is 4.87. The maximum absolute atomic E-state index is 6.80. The van der Waals surface area contributed by atoms with Gasteiger partial charge in [0.25, 0.3) is 0 Å². The van der Waals surface area contributed by atoms with E-state index >= 15 is 0 Å². The Morgan fingerprint density at radius 2 is 0.818 bits per heavy atom. The first-order valence-corrected chi connectivity index (χ1v) is 11.9. The molecule has 4 heteroatoms. The Bertz CT molecular complexity index is 811. The summed E-state index contributed by atoms with van der Waals surface area (Å²) in [4.78, 5) is 0. The van der Waals surface area contributed by atoms with Crippen LogP contribution < -0.4 is 5.73 Å². The summed E-state index contributed by atoms with van der Waals surface area (Å²) < 4.78 is 19.3. The second-order valence-electron chi connectivity index (χ2n) is 9.08.